The highest BCUT2D eigenvalue weighted by molar-refractivity contribution is 5.96. The average Bonchev–Trinajstić information content (AvgIpc) is 3.42. The number of primary amides is 1. The number of aliphatic hydroxyl groups is 1. The van der Waals surface area contributed by atoms with Gasteiger partial charge in [-0.2, -0.15) is 0 Å². The molecule has 28 heavy (non-hydrogen) atoms. The maximum atomic E-state index is 12.1. The summed E-state index contributed by atoms with van der Waals surface area (Å²) in [7, 11) is 0. The molecule has 2 saturated carbocycles. The van der Waals surface area contributed by atoms with E-state index < -0.39 is 16.9 Å². The first-order valence-electron chi connectivity index (χ1n) is 10.1. The predicted octanol–water partition coefficient (Wildman–Crippen LogP) is 2.88. The van der Waals surface area contributed by atoms with Gasteiger partial charge in [0.2, 0.25) is 0 Å². The number of benzene rings is 1. The van der Waals surface area contributed by atoms with E-state index in [4.69, 9.17) is 5.73 Å². The Labute approximate surface area is 167 Å². The molecule has 1 heterocycles. The number of nitrogens with zero attached hydrogens (tertiary/aromatic N) is 1. The van der Waals surface area contributed by atoms with Crippen molar-refractivity contribution in [2.75, 3.05) is 13.1 Å². The average molecular weight is 385 g/mol. The number of fused-ring (bicyclic) bond motifs is 1. The molecule has 0 spiro atoms. The van der Waals surface area contributed by atoms with E-state index in [1.807, 2.05) is 6.07 Å². The lowest BCUT2D eigenvalue weighted by Crippen LogP contribution is -2.72. The van der Waals surface area contributed by atoms with Crippen molar-refractivity contribution in [3.63, 3.8) is 0 Å². The third kappa shape index (κ3) is 2.49. The molecule has 4 aliphatic rings. The van der Waals surface area contributed by atoms with E-state index in [1.165, 1.54) is 12.8 Å². The number of hydrogen-bond donors (Lipinski definition) is 3. The number of likely N-dealkylation sites (tertiary alicyclic amines) is 1. The molecule has 2 bridgehead atoms. The molecule has 5 heteroatoms. The van der Waals surface area contributed by atoms with Gasteiger partial charge >= 0.3 is 0 Å². The van der Waals surface area contributed by atoms with E-state index in [0.29, 0.717) is 19.3 Å². The zero-order chi connectivity index (χ0) is 19.0. The first kappa shape index (κ1) is 19.5. The summed E-state index contributed by atoms with van der Waals surface area (Å²) in [5, 5.41) is 23.1. The normalized spacial score (nSPS) is 34.2. The van der Waals surface area contributed by atoms with Crippen molar-refractivity contribution in [3.8, 4) is 5.75 Å². The maximum Gasteiger partial charge on any atom is 0.252 e. The van der Waals surface area contributed by atoms with Gasteiger partial charge in [-0.05, 0) is 69.0 Å². The number of allylic oxidation sites excluding steroid dienone is 1. The molecule has 3 aliphatic carbocycles. The molecule has 0 radical (unpaired) electrons. The number of amides is 1. The first-order valence-corrected chi connectivity index (χ1v) is 10.1. The maximum absolute atomic E-state index is 12.1. The Bertz CT molecular complexity index is 846. The second-order valence-electron chi connectivity index (χ2n) is 9.20. The second kappa shape index (κ2) is 6.33. The number of rotatable bonds is 3. The molecular formula is C23H32N2O3. The van der Waals surface area contributed by atoms with Crippen molar-refractivity contribution in [2.45, 2.75) is 69.4 Å². The molecule has 1 amide bonds. The molecule has 1 saturated heterocycles. The highest BCUT2D eigenvalue weighted by Gasteiger charge is 2.64. The lowest BCUT2D eigenvalue weighted by atomic mass is 9.48. The standard InChI is InChI=1S/C22H28N2O3.CH4/c1-13-6-7-22(27)17-10-15-4-5-16(20(23)26)19(25)18(15)21(22,11-13)8-9-24(17)12-14-2-3-14;/h4-5,14,17,25,27H,1-3,6-12H2,(H2,23,26);1H4/t17-,21-,22-;/m1./s1. The summed E-state index contributed by atoms with van der Waals surface area (Å²) in [4.78, 5) is 14.3. The van der Waals surface area contributed by atoms with Crippen LogP contribution >= 0.6 is 0 Å². The summed E-state index contributed by atoms with van der Waals surface area (Å²) in [6, 6.07) is 3.63. The zero-order valence-corrected chi connectivity index (χ0v) is 15.7. The smallest absolute Gasteiger partial charge is 0.252 e. The van der Waals surface area contributed by atoms with Crippen LogP contribution in [-0.4, -0.2) is 45.8 Å². The SMILES string of the molecule is C.C=C1CC[C@@]2(O)[C@H]3Cc4ccc(C(N)=O)c(O)c4[C@@]2(CCN3CC2CC2)C1. The summed E-state index contributed by atoms with van der Waals surface area (Å²) in [6.45, 7) is 6.19. The molecule has 5 rings (SSSR count). The fourth-order valence-electron chi connectivity index (χ4n) is 6.18. The largest absolute Gasteiger partial charge is 0.507 e. The topological polar surface area (TPSA) is 86.8 Å². The lowest BCUT2D eigenvalue weighted by molar-refractivity contribution is -0.159. The van der Waals surface area contributed by atoms with E-state index in [9.17, 15) is 15.0 Å². The van der Waals surface area contributed by atoms with Gasteiger partial charge < -0.3 is 15.9 Å². The van der Waals surface area contributed by atoms with Crippen LogP contribution in [0.4, 0.5) is 0 Å². The number of piperidine rings is 1. The van der Waals surface area contributed by atoms with E-state index in [0.717, 1.165) is 48.5 Å². The molecule has 1 aromatic carbocycles. The molecule has 0 unspecified atom stereocenters. The van der Waals surface area contributed by atoms with Crippen LogP contribution in [0.5, 0.6) is 5.75 Å². The van der Waals surface area contributed by atoms with Gasteiger partial charge in [-0.3, -0.25) is 9.69 Å². The van der Waals surface area contributed by atoms with Crippen molar-refractivity contribution in [1.82, 2.24) is 4.90 Å². The third-order valence-corrected chi connectivity index (χ3v) is 7.67. The van der Waals surface area contributed by atoms with Crippen LogP contribution in [0.25, 0.3) is 0 Å². The van der Waals surface area contributed by atoms with Crippen molar-refractivity contribution in [2.24, 2.45) is 11.7 Å². The monoisotopic (exact) mass is 384 g/mol. The van der Waals surface area contributed by atoms with Crippen molar-refractivity contribution < 1.29 is 15.0 Å². The Morgan fingerprint density at radius 2 is 2.07 bits per heavy atom. The lowest BCUT2D eigenvalue weighted by Gasteiger charge is -2.64. The minimum Gasteiger partial charge on any atom is -0.507 e. The van der Waals surface area contributed by atoms with E-state index in [2.05, 4.69) is 11.5 Å². The van der Waals surface area contributed by atoms with Gasteiger partial charge in [0.25, 0.3) is 5.91 Å². The highest BCUT2D eigenvalue weighted by atomic mass is 16.3. The summed E-state index contributed by atoms with van der Waals surface area (Å²) in [5.74, 6) is 0.118. The van der Waals surface area contributed by atoms with Gasteiger partial charge in [0.1, 0.15) is 5.75 Å². The summed E-state index contributed by atoms with van der Waals surface area (Å²) in [5.41, 5.74) is 7.09. The van der Waals surface area contributed by atoms with Crippen molar-refractivity contribution in [3.05, 3.63) is 41.0 Å². The fraction of sp³-hybridized carbons (Fsp3) is 0.609. The van der Waals surface area contributed by atoms with Crippen LogP contribution in [0.3, 0.4) is 0 Å². The summed E-state index contributed by atoms with van der Waals surface area (Å²) < 4.78 is 0. The van der Waals surface area contributed by atoms with Gasteiger partial charge in [0.15, 0.2) is 0 Å². The second-order valence-corrected chi connectivity index (χ2v) is 9.20. The number of hydrogen-bond acceptors (Lipinski definition) is 4. The summed E-state index contributed by atoms with van der Waals surface area (Å²) >= 11 is 0. The number of aromatic hydroxyl groups is 1. The van der Waals surface area contributed by atoms with E-state index in [1.54, 1.807) is 6.07 Å². The highest BCUT2D eigenvalue weighted by Crippen LogP contribution is 2.61. The van der Waals surface area contributed by atoms with Crippen LogP contribution in [0.1, 0.15) is 67.4 Å². The van der Waals surface area contributed by atoms with Gasteiger partial charge in [0, 0.05) is 23.6 Å². The van der Waals surface area contributed by atoms with Crippen molar-refractivity contribution >= 4 is 5.91 Å². The molecule has 1 aliphatic heterocycles. The van der Waals surface area contributed by atoms with E-state index >= 15 is 0 Å². The summed E-state index contributed by atoms with van der Waals surface area (Å²) in [6.07, 6.45) is 6.22. The molecule has 1 aromatic rings. The minimum atomic E-state index is -0.901. The Hall–Kier alpha value is -1.85. The van der Waals surface area contributed by atoms with Gasteiger partial charge in [0.05, 0.1) is 11.2 Å². The van der Waals surface area contributed by atoms with Crippen LogP contribution in [0, 0.1) is 5.92 Å². The van der Waals surface area contributed by atoms with Crippen LogP contribution in [0.15, 0.2) is 24.3 Å². The fourth-order valence-corrected chi connectivity index (χ4v) is 6.18. The molecule has 3 atom stereocenters. The Kier molecular flexibility index (Phi) is 4.40. The van der Waals surface area contributed by atoms with Crippen LogP contribution in [-0.2, 0) is 11.8 Å². The van der Waals surface area contributed by atoms with Crippen LogP contribution < -0.4 is 5.73 Å². The van der Waals surface area contributed by atoms with Gasteiger partial charge in [-0.1, -0.05) is 25.6 Å². The first-order chi connectivity index (χ1) is 12.9. The molecule has 5 nitrogen and oxygen atoms in total. The third-order valence-electron chi connectivity index (χ3n) is 7.67. The van der Waals surface area contributed by atoms with Gasteiger partial charge in [-0.15, -0.1) is 0 Å². The van der Waals surface area contributed by atoms with Crippen LogP contribution in [0.2, 0.25) is 0 Å². The number of phenols is 1. The molecule has 4 N–H and O–H groups in total. The number of nitrogens with two attached hydrogens (primary N) is 1. The predicted molar refractivity (Wildman–Crippen MR) is 109 cm³/mol. The molecule has 0 aromatic heterocycles. The minimum absolute atomic E-state index is 0. The molecular weight excluding hydrogens is 352 g/mol. The molecule has 3 fully saturated rings. The Morgan fingerprint density at radius 3 is 2.75 bits per heavy atom. The Morgan fingerprint density at radius 1 is 1.32 bits per heavy atom. The Balaban J connectivity index is 0.00000192. The van der Waals surface area contributed by atoms with E-state index in [-0.39, 0.29) is 24.8 Å². The quantitative estimate of drug-likeness (QED) is 0.700. The number of carbonyl (C=O) groups is 1. The van der Waals surface area contributed by atoms with Gasteiger partial charge in [-0.25, -0.2) is 0 Å². The zero-order valence-electron chi connectivity index (χ0n) is 15.7. The molecule has 152 valence electrons. The number of carbonyl (C=O) groups excluding carboxylic acids is 1. The van der Waals surface area contributed by atoms with Crippen molar-refractivity contribution in [1.29, 1.82) is 0 Å².